The van der Waals surface area contributed by atoms with Gasteiger partial charge in [-0.3, -0.25) is 0 Å². The predicted molar refractivity (Wildman–Crippen MR) is 74.8 cm³/mol. The van der Waals surface area contributed by atoms with Gasteiger partial charge in [0.2, 0.25) is 0 Å². The summed E-state index contributed by atoms with van der Waals surface area (Å²) in [4.78, 5) is 0. The Balaban J connectivity index is 2.01. The topological polar surface area (TPSA) is 12.0 Å². The van der Waals surface area contributed by atoms with Gasteiger partial charge in [0.05, 0.1) is 5.92 Å². The molecule has 112 valence electrons. The Morgan fingerprint density at radius 3 is 2.60 bits per heavy atom. The number of alkyl halides is 3. The first-order valence-corrected chi connectivity index (χ1v) is 7.31. The number of nitrogens with one attached hydrogen (secondary N) is 1. The van der Waals surface area contributed by atoms with E-state index in [2.05, 4.69) is 5.32 Å². The highest BCUT2D eigenvalue weighted by atomic mass is 35.5. The molecule has 0 heterocycles. The molecule has 0 aromatic heterocycles. The summed E-state index contributed by atoms with van der Waals surface area (Å²) in [5.74, 6) is -1.22. The van der Waals surface area contributed by atoms with E-state index in [1.165, 1.54) is 0 Å². The molecule has 5 heteroatoms. The van der Waals surface area contributed by atoms with Gasteiger partial charge in [-0.05, 0) is 43.0 Å². The molecular weight excluding hydrogens is 287 g/mol. The summed E-state index contributed by atoms with van der Waals surface area (Å²) >= 11 is 5.88. The van der Waals surface area contributed by atoms with Gasteiger partial charge in [0.1, 0.15) is 0 Å². The van der Waals surface area contributed by atoms with Crippen LogP contribution in [0, 0.1) is 12.8 Å². The largest absolute Gasteiger partial charge is 0.393 e. The van der Waals surface area contributed by atoms with Crippen molar-refractivity contribution >= 4 is 11.6 Å². The van der Waals surface area contributed by atoms with Gasteiger partial charge in [0.15, 0.2) is 0 Å². The normalized spacial score (nSPS) is 23.9. The Hall–Kier alpha value is -0.740. The molecule has 20 heavy (non-hydrogen) atoms. The fourth-order valence-electron chi connectivity index (χ4n) is 2.87. The number of aryl methyl sites for hydroxylation is 1. The van der Waals surface area contributed by atoms with E-state index in [1.807, 2.05) is 19.1 Å². The fraction of sp³-hybridized carbons (Fsp3) is 0.600. The molecule has 1 aromatic rings. The van der Waals surface area contributed by atoms with E-state index in [1.54, 1.807) is 6.07 Å². The Kier molecular flexibility index (Phi) is 4.97. The molecule has 0 aliphatic heterocycles. The summed E-state index contributed by atoms with van der Waals surface area (Å²) in [6.07, 6.45) is -1.74. The minimum absolute atomic E-state index is 0.237. The Morgan fingerprint density at radius 1 is 1.25 bits per heavy atom. The summed E-state index contributed by atoms with van der Waals surface area (Å²) < 4.78 is 39.0. The molecule has 0 radical (unpaired) electrons. The molecule has 0 amide bonds. The number of hydrogen-bond donors (Lipinski definition) is 1. The summed E-state index contributed by atoms with van der Waals surface area (Å²) in [7, 11) is 0. The number of halogens is 4. The van der Waals surface area contributed by atoms with E-state index in [0.717, 1.165) is 17.5 Å². The van der Waals surface area contributed by atoms with Crippen LogP contribution in [0.25, 0.3) is 0 Å². The maximum Gasteiger partial charge on any atom is 0.393 e. The Morgan fingerprint density at radius 2 is 1.95 bits per heavy atom. The van der Waals surface area contributed by atoms with Crippen molar-refractivity contribution < 1.29 is 13.2 Å². The van der Waals surface area contributed by atoms with Gasteiger partial charge in [0, 0.05) is 17.6 Å². The summed E-state index contributed by atoms with van der Waals surface area (Å²) in [5.41, 5.74) is 2.00. The number of benzene rings is 1. The summed E-state index contributed by atoms with van der Waals surface area (Å²) in [6.45, 7) is 2.38. The van der Waals surface area contributed by atoms with Crippen molar-refractivity contribution in [1.29, 1.82) is 0 Å². The van der Waals surface area contributed by atoms with Crippen molar-refractivity contribution in [3.8, 4) is 0 Å². The molecule has 1 N–H and O–H groups in total. The van der Waals surface area contributed by atoms with Crippen molar-refractivity contribution in [2.24, 2.45) is 5.92 Å². The maximum absolute atomic E-state index is 13.0. The SMILES string of the molecule is Cc1cc(Cl)ccc1CNC1CCCCC1C(F)(F)F. The maximum atomic E-state index is 13.0. The zero-order valence-electron chi connectivity index (χ0n) is 11.4. The first kappa shape index (κ1) is 15.6. The van der Waals surface area contributed by atoms with E-state index in [0.29, 0.717) is 24.4 Å². The van der Waals surface area contributed by atoms with E-state index in [-0.39, 0.29) is 6.42 Å². The molecule has 2 atom stereocenters. The molecule has 1 saturated carbocycles. The van der Waals surface area contributed by atoms with Gasteiger partial charge < -0.3 is 5.32 Å². The Bertz CT molecular complexity index is 459. The molecule has 1 aliphatic carbocycles. The average Bonchev–Trinajstić information content (AvgIpc) is 2.37. The van der Waals surface area contributed by atoms with Crippen LogP contribution >= 0.6 is 11.6 Å². The zero-order chi connectivity index (χ0) is 14.8. The van der Waals surface area contributed by atoms with Crippen molar-refractivity contribution in [3.05, 3.63) is 34.3 Å². The van der Waals surface area contributed by atoms with Crippen molar-refractivity contribution in [1.82, 2.24) is 5.32 Å². The molecule has 1 fully saturated rings. The van der Waals surface area contributed by atoms with Gasteiger partial charge in [-0.25, -0.2) is 0 Å². The minimum Gasteiger partial charge on any atom is -0.309 e. The molecule has 0 spiro atoms. The lowest BCUT2D eigenvalue weighted by atomic mass is 9.84. The highest BCUT2D eigenvalue weighted by Gasteiger charge is 2.45. The predicted octanol–water partition coefficient (Wildman–Crippen LogP) is 4.86. The van der Waals surface area contributed by atoms with Crippen LogP contribution in [0.15, 0.2) is 18.2 Å². The van der Waals surface area contributed by atoms with Crippen LogP contribution in [0.1, 0.15) is 36.8 Å². The van der Waals surface area contributed by atoms with Crippen LogP contribution in [-0.4, -0.2) is 12.2 Å². The average molecular weight is 306 g/mol. The van der Waals surface area contributed by atoms with Crippen molar-refractivity contribution in [2.75, 3.05) is 0 Å². The smallest absolute Gasteiger partial charge is 0.309 e. The third-order valence-corrected chi connectivity index (χ3v) is 4.28. The molecule has 1 aromatic carbocycles. The molecule has 1 nitrogen and oxygen atoms in total. The van der Waals surface area contributed by atoms with Gasteiger partial charge in [-0.15, -0.1) is 0 Å². The molecule has 0 bridgehead atoms. The number of rotatable bonds is 3. The number of hydrogen-bond acceptors (Lipinski definition) is 1. The Labute approximate surface area is 122 Å². The first-order valence-electron chi connectivity index (χ1n) is 6.93. The van der Waals surface area contributed by atoms with Gasteiger partial charge in [-0.1, -0.05) is 30.5 Å². The summed E-state index contributed by atoms with van der Waals surface area (Å²) in [6, 6.07) is 5.00. The third-order valence-electron chi connectivity index (χ3n) is 4.05. The van der Waals surface area contributed by atoms with Gasteiger partial charge >= 0.3 is 6.18 Å². The van der Waals surface area contributed by atoms with Crippen LogP contribution in [0.3, 0.4) is 0 Å². The lowest BCUT2D eigenvalue weighted by Gasteiger charge is -2.33. The highest BCUT2D eigenvalue weighted by Crippen LogP contribution is 2.37. The second-order valence-electron chi connectivity index (χ2n) is 5.49. The fourth-order valence-corrected chi connectivity index (χ4v) is 3.09. The third kappa shape index (κ3) is 3.89. The van der Waals surface area contributed by atoms with Crippen LogP contribution in [-0.2, 0) is 6.54 Å². The van der Waals surface area contributed by atoms with Crippen molar-refractivity contribution in [3.63, 3.8) is 0 Å². The summed E-state index contributed by atoms with van der Waals surface area (Å²) in [5, 5.41) is 3.74. The molecule has 2 unspecified atom stereocenters. The van der Waals surface area contributed by atoms with E-state index >= 15 is 0 Å². The lowest BCUT2D eigenvalue weighted by Crippen LogP contribution is -2.45. The molecule has 2 rings (SSSR count). The van der Waals surface area contributed by atoms with Gasteiger partial charge in [-0.2, -0.15) is 13.2 Å². The lowest BCUT2D eigenvalue weighted by molar-refractivity contribution is -0.189. The first-order chi connectivity index (χ1) is 9.38. The van der Waals surface area contributed by atoms with E-state index in [9.17, 15) is 13.2 Å². The van der Waals surface area contributed by atoms with Gasteiger partial charge in [0.25, 0.3) is 0 Å². The monoisotopic (exact) mass is 305 g/mol. The minimum atomic E-state index is -4.10. The standard InChI is InChI=1S/C15H19ClF3N/c1-10-8-12(16)7-6-11(10)9-20-14-5-3-2-4-13(14)15(17,18)19/h6-8,13-14,20H,2-5,9H2,1H3. The zero-order valence-corrected chi connectivity index (χ0v) is 12.2. The van der Waals surface area contributed by atoms with E-state index < -0.39 is 18.1 Å². The quantitative estimate of drug-likeness (QED) is 0.841. The van der Waals surface area contributed by atoms with Crippen LogP contribution in [0.5, 0.6) is 0 Å². The highest BCUT2D eigenvalue weighted by molar-refractivity contribution is 6.30. The molecule has 0 saturated heterocycles. The van der Waals surface area contributed by atoms with E-state index in [4.69, 9.17) is 11.6 Å². The van der Waals surface area contributed by atoms with Crippen molar-refractivity contribution in [2.45, 2.75) is 51.4 Å². The molecular formula is C15H19ClF3N. The van der Waals surface area contributed by atoms with Crippen LogP contribution < -0.4 is 5.32 Å². The van der Waals surface area contributed by atoms with Crippen LogP contribution in [0.4, 0.5) is 13.2 Å². The second kappa shape index (κ2) is 6.35. The molecule has 1 aliphatic rings. The van der Waals surface area contributed by atoms with Crippen LogP contribution in [0.2, 0.25) is 5.02 Å². The second-order valence-corrected chi connectivity index (χ2v) is 5.93.